The summed E-state index contributed by atoms with van der Waals surface area (Å²) in [5.41, 5.74) is 3.28. The molecule has 3 nitrogen and oxygen atoms in total. The van der Waals surface area contributed by atoms with Gasteiger partial charge in [0, 0.05) is 20.5 Å². The predicted molar refractivity (Wildman–Crippen MR) is 157 cm³/mol. The summed E-state index contributed by atoms with van der Waals surface area (Å²) < 4.78 is 47.4. The van der Waals surface area contributed by atoms with Crippen molar-refractivity contribution in [2.24, 2.45) is 11.3 Å². The van der Waals surface area contributed by atoms with E-state index < -0.39 is 26.2 Å². The van der Waals surface area contributed by atoms with E-state index in [1.165, 1.54) is 21.3 Å². The Kier molecular flexibility index (Phi) is 8.25. The van der Waals surface area contributed by atoms with Crippen molar-refractivity contribution in [3.63, 3.8) is 0 Å². The van der Waals surface area contributed by atoms with Crippen LogP contribution in [0.2, 0.25) is 18.1 Å². The zero-order chi connectivity index (χ0) is 28.3. The Hall–Kier alpha value is -0.973. The van der Waals surface area contributed by atoms with E-state index in [-0.39, 0.29) is 22.5 Å². The van der Waals surface area contributed by atoms with Crippen LogP contribution in [-0.2, 0) is 17.0 Å². The zero-order valence-corrected chi connectivity index (χ0v) is 26.7. The molecule has 0 amide bonds. The van der Waals surface area contributed by atoms with Crippen LogP contribution < -0.4 is 0 Å². The molecule has 1 aromatic heterocycles. The number of halogens is 4. The Labute approximate surface area is 240 Å². The van der Waals surface area contributed by atoms with Gasteiger partial charge in [-0.1, -0.05) is 46.8 Å². The minimum Gasteiger partial charge on any atom is -0.410 e. The molecule has 4 rings (SSSR count). The number of hydrogen-bond donors (Lipinski definition) is 1. The predicted octanol–water partition coefficient (Wildman–Crippen LogP) is 9.36. The first-order valence-corrected chi connectivity index (χ1v) is 17.6. The van der Waals surface area contributed by atoms with Gasteiger partial charge < -0.3 is 9.53 Å². The van der Waals surface area contributed by atoms with E-state index in [1.54, 1.807) is 0 Å². The molecule has 0 aliphatic heterocycles. The first kappa shape index (κ1) is 30.0. The van der Waals surface area contributed by atoms with Gasteiger partial charge in [-0.15, -0.1) is 0 Å². The summed E-state index contributed by atoms with van der Waals surface area (Å²) in [5, 5.41) is 11.3. The second-order valence-corrected chi connectivity index (χ2v) is 19.3. The third-order valence-electron chi connectivity index (χ3n) is 9.19. The van der Waals surface area contributed by atoms with Crippen molar-refractivity contribution in [2.75, 3.05) is 0 Å². The fourth-order valence-corrected chi connectivity index (χ4v) is 8.17. The van der Waals surface area contributed by atoms with Gasteiger partial charge in [0.1, 0.15) is 0 Å². The lowest BCUT2D eigenvalue weighted by atomic mass is 9.70. The Morgan fingerprint density at radius 1 is 1.11 bits per heavy atom. The lowest BCUT2D eigenvalue weighted by Gasteiger charge is -2.45. The summed E-state index contributed by atoms with van der Waals surface area (Å²) in [6.45, 7) is 15.7. The van der Waals surface area contributed by atoms with Crippen LogP contribution in [0, 0.1) is 14.9 Å². The molecule has 210 valence electrons. The van der Waals surface area contributed by atoms with Gasteiger partial charge in [0.2, 0.25) is 0 Å². The normalized spacial score (nSPS) is 25.2. The molecule has 1 N–H and O–H groups in total. The topological polar surface area (TPSA) is 42.4 Å². The fourth-order valence-electron chi connectivity index (χ4n) is 5.93. The van der Waals surface area contributed by atoms with Crippen LogP contribution in [0.4, 0.5) is 13.2 Å². The van der Waals surface area contributed by atoms with Crippen LogP contribution in [0.1, 0.15) is 107 Å². The van der Waals surface area contributed by atoms with Crippen molar-refractivity contribution < 1.29 is 22.7 Å². The second-order valence-electron chi connectivity index (χ2n) is 13.4. The number of fused-ring (bicyclic) bond motifs is 1. The highest BCUT2D eigenvalue weighted by Crippen LogP contribution is 2.57. The number of nitrogens with zero attached hydrogens (tertiary/aromatic N) is 1. The number of aliphatic hydroxyl groups excluding tert-OH is 1. The van der Waals surface area contributed by atoms with E-state index in [1.807, 2.05) is 0 Å². The maximum Gasteiger partial charge on any atom is 0.416 e. The summed E-state index contributed by atoms with van der Waals surface area (Å²) in [7, 11) is -2.07. The van der Waals surface area contributed by atoms with E-state index >= 15 is 0 Å². The van der Waals surface area contributed by atoms with Gasteiger partial charge in [-0.25, -0.2) is 0 Å². The number of benzene rings is 1. The maximum absolute atomic E-state index is 13.0. The quantitative estimate of drug-likeness (QED) is 0.257. The first-order chi connectivity index (χ1) is 17.4. The van der Waals surface area contributed by atoms with Gasteiger partial charge in [-0.2, -0.15) is 13.2 Å². The van der Waals surface area contributed by atoms with Crippen molar-refractivity contribution in [1.29, 1.82) is 0 Å². The van der Waals surface area contributed by atoms with Crippen molar-refractivity contribution in [1.82, 2.24) is 4.98 Å². The largest absolute Gasteiger partial charge is 0.416 e. The summed E-state index contributed by atoms with van der Waals surface area (Å²) in [6, 6.07) is 7.20. The molecule has 2 aromatic rings. The van der Waals surface area contributed by atoms with Gasteiger partial charge in [0.15, 0.2) is 8.32 Å². The summed E-state index contributed by atoms with van der Waals surface area (Å²) in [6.07, 6.45) is -0.851. The number of aliphatic hydroxyl groups is 1. The number of rotatable bonds is 5. The van der Waals surface area contributed by atoms with Crippen LogP contribution in [-0.4, -0.2) is 18.4 Å². The molecular weight excluding hydrogens is 618 g/mol. The molecule has 1 saturated carbocycles. The molecule has 4 atom stereocenters. The van der Waals surface area contributed by atoms with Crippen molar-refractivity contribution >= 4 is 30.9 Å². The number of pyridine rings is 1. The molecule has 2 aliphatic rings. The monoisotopic (exact) mass is 659 g/mol. The van der Waals surface area contributed by atoms with E-state index in [9.17, 15) is 18.3 Å². The zero-order valence-electron chi connectivity index (χ0n) is 23.5. The smallest absolute Gasteiger partial charge is 0.410 e. The van der Waals surface area contributed by atoms with E-state index in [2.05, 4.69) is 76.4 Å². The third kappa shape index (κ3) is 6.03. The van der Waals surface area contributed by atoms with Gasteiger partial charge in [-0.05, 0) is 114 Å². The molecule has 1 heterocycles. The van der Waals surface area contributed by atoms with Gasteiger partial charge in [-0.3, -0.25) is 4.98 Å². The van der Waals surface area contributed by atoms with Crippen LogP contribution in [0.15, 0.2) is 30.3 Å². The van der Waals surface area contributed by atoms with Crippen LogP contribution in [0.3, 0.4) is 0 Å². The van der Waals surface area contributed by atoms with Crippen LogP contribution in [0.5, 0.6) is 0 Å². The Morgan fingerprint density at radius 2 is 1.74 bits per heavy atom. The molecule has 38 heavy (non-hydrogen) atoms. The Balaban J connectivity index is 1.64. The molecule has 1 fully saturated rings. The van der Waals surface area contributed by atoms with Crippen molar-refractivity contribution in [2.45, 2.75) is 109 Å². The molecule has 1 aromatic carbocycles. The number of hydrogen-bond acceptors (Lipinski definition) is 3. The van der Waals surface area contributed by atoms with Gasteiger partial charge in [0.05, 0.1) is 17.8 Å². The first-order valence-electron chi connectivity index (χ1n) is 13.6. The molecule has 0 radical (unpaired) electrons. The SMILES string of the molecule is CC(C)c1cc(I)c2c(n1)CC1(CCC([C@@H](O)c3ccc(C(F)(F)F)cc3)C1)CC2O[Si](C)(C)C(C)(C)C. The minimum absolute atomic E-state index is 0.00541. The van der Waals surface area contributed by atoms with E-state index in [4.69, 9.17) is 9.41 Å². The number of alkyl halides is 3. The average molecular weight is 660 g/mol. The van der Waals surface area contributed by atoms with Crippen molar-refractivity contribution in [3.8, 4) is 0 Å². The highest BCUT2D eigenvalue weighted by atomic mass is 127. The fraction of sp³-hybridized carbons (Fsp3) is 0.633. The summed E-state index contributed by atoms with van der Waals surface area (Å²) in [5.74, 6) is 0.318. The van der Waals surface area contributed by atoms with Crippen molar-refractivity contribution in [3.05, 3.63) is 62.0 Å². The maximum atomic E-state index is 13.0. The van der Waals surface area contributed by atoms with Gasteiger partial charge >= 0.3 is 6.18 Å². The third-order valence-corrected chi connectivity index (χ3v) is 14.6. The lowest BCUT2D eigenvalue weighted by molar-refractivity contribution is -0.137. The standard InChI is InChI=1S/C30H41F3INO2Si/c1-18(2)23-14-22(34)26-24(35-23)16-29(17-25(26)37-38(6,7)28(3,4)5)13-12-20(15-29)27(36)19-8-10-21(11-9-19)30(31,32)33/h8-11,14,18,20,25,27,36H,12-13,15-17H2,1-7H3/t20?,25?,27-,29?/m0/s1. The Bertz CT molecular complexity index is 1160. The second kappa shape index (κ2) is 10.5. The highest BCUT2D eigenvalue weighted by Gasteiger charge is 2.50. The van der Waals surface area contributed by atoms with E-state index in [0.717, 1.165) is 55.6 Å². The average Bonchev–Trinajstić information content (AvgIpc) is 3.19. The highest BCUT2D eigenvalue weighted by molar-refractivity contribution is 14.1. The molecule has 0 saturated heterocycles. The molecule has 2 aliphatic carbocycles. The van der Waals surface area contributed by atoms with Crippen LogP contribution in [0.25, 0.3) is 0 Å². The molecule has 3 unspecified atom stereocenters. The number of aromatic nitrogens is 1. The lowest BCUT2D eigenvalue weighted by Crippen LogP contribution is -2.44. The molecule has 0 bridgehead atoms. The van der Waals surface area contributed by atoms with Gasteiger partial charge in [0.25, 0.3) is 0 Å². The molecular formula is C30H41F3INO2Si. The molecule has 8 heteroatoms. The molecule has 1 spiro atoms. The summed E-state index contributed by atoms with van der Waals surface area (Å²) in [4.78, 5) is 5.16. The van der Waals surface area contributed by atoms with Crippen LogP contribution >= 0.6 is 22.6 Å². The summed E-state index contributed by atoms with van der Waals surface area (Å²) >= 11 is 2.45. The van der Waals surface area contributed by atoms with E-state index in [0.29, 0.717) is 11.5 Å². The Morgan fingerprint density at radius 3 is 2.29 bits per heavy atom. The minimum atomic E-state index is -4.38.